The Balaban J connectivity index is 2.10. The summed E-state index contributed by atoms with van der Waals surface area (Å²) < 4.78 is 6.28. The van der Waals surface area contributed by atoms with E-state index in [1.165, 1.54) is 0 Å². The Kier molecular flexibility index (Phi) is 4.16. The van der Waals surface area contributed by atoms with E-state index in [-0.39, 0.29) is 5.84 Å². The molecule has 0 aromatic heterocycles. The van der Waals surface area contributed by atoms with Crippen LogP contribution in [-0.4, -0.2) is 11.8 Å². The highest BCUT2D eigenvalue weighted by Gasteiger charge is 2.08. The number of amidine groups is 1. The number of carbonyl (C=O) groups is 1. The summed E-state index contributed by atoms with van der Waals surface area (Å²) in [6.45, 7) is 0. The molecule has 0 spiro atoms. The standard InChI is InChI=1S/C14H11IN2O2/c15-11-5-1-10(2-6-11)14(18)19-12-7-3-9(4-8-12)13(16)17/h1-8H,(H3,16,17). The van der Waals surface area contributed by atoms with E-state index in [4.69, 9.17) is 15.9 Å². The number of hydrogen-bond acceptors (Lipinski definition) is 3. The van der Waals surface area contributed by atoms with E-state index in [1.54, 1.807) is 36.4 Å². The summed E-state index contributed by atoms with van der Waals surface area (Å²) in [4.78, 5) is 11.9. The maximum absolute atomic E-state index is 11.9. The summed E-state index contributed by atoms with van der Waals surface area (Å²) in [6, 6.07) is 13.6. The average molecular weight is 366 g/mol. The van der Waals surface area contributed by atoms with Crippen molar-refractivity contribution in [2.45, 2.75) is 0 Å². The van der Waals surface area contributed by atoms with E-state index in [9.17, 15) is 4.79 Å². The van der Waals surface area contributed by atoms with E-state index < -0.39 is 5.97 Å². The molecular weight excluding hydrogens is 355 g/mol. The minimum atomic E-state index is -0.410. The van der Waals surface area contributed by atoms with Gasteiger partial charge >= 0.3 is 5.97 Å². The Morgan fingerprint density at radius 2 is 1.53 bits per heavy atom. The number of nitrogens with two attached hydrogens (primary N) is 1. The van der Waals surface area contributed by atoms with Crippen LogP contribution in [0, 0.1) is 8.98 Å². The molecule has 0 atom stereocenters. The fourth-order valence-electron chi connectivity index (χ4n) is 1.45. The van der Waals surface area contributed by atoms with Crippen molar-refractivity contribution in [3.8, 4) is 5.75 Å². The molecule has 4 nitrogen and oxygen atoms in total. The van der Waals surface area contributed by atoms with Crippen LogP contribution in [0.1, 0.15) is 15.9 Å². The summed E-state index contributed by atoms with van der Waals surface area (Å²) in [7, 11) is 0. The van der Waals surface area contributed by atoms with Crippen molar-refractivity contribution in [3.05, 3.63) is 63.2 Å². The first kappa shape index (κ1) is 13.5. The maximum Gasteiger partial charge on any atom is 0.343 e. The molecule has 2 rings (SSSR count). The number of ether oxygens (including phenoxy) is 1. The number of halogens is 1. The van der Waals surface area contributed by atoms with Crippen LogP contribution in [0.5, 0.6) is 5.75 Å². The first-order valence-corrected chi connectivity index (χ1v) is 6.56. The van der Waals surface area contributed by atoms with Crippen molar-refractivity contribution in [1.82, 2.24) is 0 Å². The van der Waals surface area contributed by atoms with Gasteiger partial charge in [-0.2, -0.15) is 0 Å². The second kappa shape index (κ2) is 5.83. The predicted molar refractivity (Wildman–Crippen MR) is 81.6 cm³/mol. The zero-order valence-corrected chi connectivity index (χ0v) is 12.0. The van der Waals surface area contributed by atoms with E-state index in [0.717, 1.165) is 3.57 Å². The van der Waals surface area contributed by atoms with Gasteiger partial charge < -0.3 is 10.5 Å². The Hall–Kier alpha value is -1.89. The molecule has 2 aromatic carbocycles. The molecule has 0 aliphatic carbocycles. The maximum atomic E-state index is 11.9. The number of nitrogens with one attached hydrogen (secondary N) is 1. The van der Waals surface area contributed by atoms with Crippen molar-refractivity contribution in [2.75, 3.05) is 0 Å². The third kappa shape index (κ3) is 3.54. The minimum absolute atomic E-state index is 0.0180. The van der Waals surface area contributed by atoms with Gasteiger partial charge in [0.05, 0.1) is 5.56 Å². The monoisotopic (exact) mass is 366 g/mol. The lowest BCUT2D eigenvalue weighted by Gasteiger charge is -2.05. The number of esters is 1. The molecule has 0 bridgehead atoms. The molecule has 0 unspecified atom stereocenters. The highest BCUT2D eigenvalue weighted by molar-refractivity contribution is 14.1. The molecule has 0 fully saturated rings. The van der Waals surface area contributed by atoms with Crippen LogP contribution in [0.3, 0.4) is 0 Å². The molecule has 0 saturated heterocycles. The van der Waals surface area contributed by atoms with Gasteiger partial charge in [0.1, 0.15) is 11.6 Å². The molecule has 0 heterocycles. The predicted octanol–water partition coefficient (Wildman–Crippen LogP) is 2.79. The SMILES string of the molecule is N=C(N)c1ccc(OC(=O)c2ccc(I)cc2)cc1. The van der Waals surface area contributed by atoms with Crippen molar-refractivity contribution >= 4 is 34.4 Å². The van der Waals surface area contributed by atoms with Gasteiger partial charge in [-0.05, 0) is 71.1 Å². The normalized spacial score (nSPS) is 9.95. The van der Waals surface area contributed by atoms with E-state index in [2.05, 4.69) is 22.6 Å². The van der Waals surface area contributed by atoms with Gasteiger partial charge in [-0.15, -0.1) is 0 Å². The number of benzene rings is 2. The molecular formula is C14H11IN2O2. The Morgan fingerprint density at radius 1 is 1.00 bits per heavy atom. The van der Waals surface area contributed by atoms with Crippen LogP contribution in [0.15, 0.2) is 48.5 Å². The lowest BCUT2D eigenvalue weighted by Crippen LogP contribution is -2.11. The van der Waals surface area contributed by atoms with Crippen molar-refractivity contribution in [1.29, 1.82) is 5.41 Å². The fraction of sp³-hybridized carbons (Fsp3) is 0. The van der Waals surface area contributed by atoms with Crippen LogP contribution in [0.4, 0.5) is 0 Å². The van der Waals surface area contributed by atoms with Gasteiger partial charge in [-0.3, -0.25) is 5.41 Å². The average Bonchev–Trinajstić information content (AvgIpc) is 2.40. The number of carbonyl (C=O) groups excluding carboxylic acids is 1. The summed E-state index contributed by atoms with van der Waals surface area (Å²) >= 11 is 2.17. The second-order valence-electron chi connectivity index (χ2n) is 3.83. The molecule has 0 aliphatic heterocycles. The van der Waals surface area contributed by atoms with Gasteiger partial charge in [0.15, 0.2) is 0 Å². The summed E-state index contributed by atoms with van der Waals surface area (Å²) in [5.74, 6) is -0.00367. The molecule has 5 heteroatoms. The van der Waals surface area contributed by atoms with Gasteiger partial charge in [0.25, 0.3) is 0 Å². The van der Waals surface area contributed by atoms with Gasteiger partial charge in [0, 0.05) is 9.13 Å². The van der Waals surface area contributed by atoms with Gasteiger partial charge in [-0.1, -0.05) is 0 Å². The zero-order valence-electron chi connectivity index (χ0n) is 9.89. The lowest BCUT2D eigenvalue weighted by atomic mass is 10.2. The van der Waals surface area contributed by atoms with Crippen molar-refractivity contribution in [3.63, 3.8) is 0 Å². The van der Waals surface area contributed by atoms with E-state index in [0.29, 0.717) is 16.9 Å². The Bertz CT molecular complexity index is 606. The Labute approximate surface area is 124 Å². The van der Waals surface area contributed by atoms with Gasteiger partial charge in [0.2, 0.25) is 0 Å². The van der Waals surface area contributed by atoms with Crippen LogP contribution in [0.25, 0.3) is 0 Å². The molecule has 0 aliphatic rings. The van der Waals surface area contributed by atoms with Crippen molar-refractivity contribution in [2.24, 2.45) is 5.73 Å². The molecule has 0 amide bonds. The lowest BCUT2D eigenvalue weighted by molar-refractivity contribution is 0.0735. The minimum Gasteiger partial charge on any atom is -0.423 e. The van der Waals surface area contributed by atoms with E-state index in [1.807, 2.05) is 12.1 Å². The third-order valence-electron chi connectivity index (χ3n) is 2.46. The second-order valence-corrected chi connectivity index (χ2v) is 5.08. The largest absolute Gasteiger partial charge is 0.423 e. The van der Waals surface area contributed by atoms with Gasteiger partial charge in [-0.25, -0.2) is 4.79 Å². The topological polar surface area (TPSA) is 76.2 Å². The highest BCUT2D eigenvalue weighted by Crippen LogP contribution is 2.15. The summed E-state index contributed by atoms with van der Waals surface area (Å²) in [5, 5.41) is 7.27. The van der Waals surface area contributed by atoms with Crippen LogP contribution in [-0.2, 0) is 0 Å². The van der Waals surface area contributed by atoms with E-state index >= 15 is 0 Å². The molecule has 3 N–H and O–H groups in total. The summed E-state index contributed by atoms with van der Waals surface area (Å²) in [6.07, 6.45) is 0. The fourth-order valence-corrected chi connectivity index (χ4v) is 1.81. The summed E-state index contributed by atoms with van der Waals surface area (Å²) in [5.41, 5.74) is 6.43. The quantitative estimate of drug-likeness (QED) is 0.288. The molecule has 2 aromatic rings. The molecule has 0 saturated carbocycles. The highest BCUT2D eigenvalue weighted by atomic mass is 127. The van der Waals surface area contributed by atoms with Crippen LogP contribution < -0.4 is 10.5 Å². The number of nitrogen functional groups attached to an aromatic ring is 1. The Morgan fingerprint density at radius 3 is 2.05 bits per heavy atom. The van der Waals surface area contributed by atoms with Crippen LogP contribution >= 0.6 is 22.6 Å². The number of rotatable bonds is 3. The third-order valence-corrected chi connectivity index (χ3v) is 3.17. The molecule has 96 valence electrons. The van der Waals surface area contributed by atoms with Crippen molar-refractivity contribution < 1.29 is 9.53 Å². The first-order chi connectivity index (χ1) is 9.06. The first-order valence-electron chi connectivity index (χ1n) is 5.48. The number of hydrogen-bond donors (Lipinski definition) is 2. The smallest absolute Gasteiger partial charge is 0.343 e. The molecule has 0 radical (unpaired) electrons. The molecule has 19 heavy (non-hydrogen) atoms. The zero-order chi connectivity index (χ0) is 13.8. The van der Waals surface area contributed by atoms with Crippen LogP contribution in [0.2, 0.25) is 0 Å².